The van der Waals surface area contributed by atoms with Gasteiger partial charge in [0.05, 0.1) is 6.10 Å². The SMILES string of the molecule is ON=C(Cl)Cc1ccc(OC2CCCC2)cc1. The number of hydrogen-bond donors (Lipinski definition) is 1. The third-order valence-electron chi connectivity index (χ3n) is 2.99. The molecule has 0 atom stereocenters. The summed E-state index contributed by atoms with van der Waals surface area (Å²) in [4.78, 5) is 0. The maximum absolute atomic E-state index is 8.47. The molecule has 1 aromatic carbocycles. The lowest BCUT2D eigenvalue weighted by Crippen LogP contribution is -2.10. The molecule has 1 fully saturated rings. The number of benzene rings is 1. The van der Waals surface area contributed by atoms with Crippen LogP contribution < -0.4 is 4.74 Å². The van der Waals surface area contributed by atoms with Crippen molar-refractivity contribution >= 4 is 16.8 Å². The minimum absolute atomic E-state index is 0.189. The van der Waals surface area contributed by atoms with Crippen LogP contribution in [0.2, 0.25) is 0 Å². The van der Waals surface area contributed by atoms with Crippen LogP contribution >= 0.6 is 11.6 Å². The average Bonchev–Trinajstić information content (AvgIpc) is 2.84. The molecule has 1 aromatic rings. The lowest BCUT2D eigenvalue weighted by molar-refractivity contribution is 0.210. The van der Waals surface area contributed by atoms with E-state index < -0.39 is 0 Å². The molecule has 3 nitrogen and oxygen atoms in total. The Bertz CT molecular complexity index is 383. The van der Waals surface area contributed by atoms with Gasteiger partial charge in [-0.05, 0) is 43.4 Å². The molecule has 0 saturated heterocycles. The van der Waals surface area contributed by atoms with E-state index in [1.807, 2.05) is 24.3 Å². The van der Waals surface area contributed by atoms with Crippen molar-refractivity contribution < 1.29 is 9.94 Å². The first-order chi connectivity index (χ1) is 8.28. The number of oxime groups is 1. The first kappa shape index (κ1) is 12.2. The predicted octanol–water partition coefficient (Wildman–Crippen LogP) is 3.58. The maximum atomic E-state index is 8.47. The maximum Gasteiger partial charge on any atom is 0.149 e. The van der Waals surface area contributed by atoms with Crippen LogP contribution in [0.3, 0.4) is 0 Å². The molecule has 2 rings (SSSR count). The van der Waals surface area contributed by atoms with Gasteiger partial charge in [0.2, 0.25) is 0 Å². The topological polar surface area (TPSA) is 41.8 Å². The zero-order chi connectivity index (χ0) is 12.1. The minimum atomic E-state index is 0.189. The molecular weight excluding hydrogens is 238 g/mol. The fraction of sp³-hybridized carbons (Fsp3) is 0.462. The molecule has 92 valence electrons. The third kappa shape index (κ3) is 3.63. The summed E-state index contributed by atoms with van der Waals surface area (Å²) in [7, 11) is 0. The first-order valence-electron chi connectivity index (χ1n) is 5.90. The molecule has 1 aliphatic rings. The van der Waals surface area contributed by atoms with Crippen LogP contribution in [0.4, 0.5) is 0 Å². The van der Waals surface area contributed by atoms with Crippen molar-refractivity contribution in [1.29, 1.82) is 0 Å². The fourth-order valence-corrected chi connectivity index (χ4v) is 2.24. The molecule has 0 aliphatic heterocycles. The summed E-state index contributed by atoms with van der Waals surface area (Å²) < 4.78 is 5.85. The summed E-state index contributed by atoms with van der Waals surface area (Å²) in [5, 5.41) is 11.6. The van der Waals surface area contributed by atoms with Gasteiger partial charge in [0.25, 0.3) is 0 Å². The number of hydrogen-bond acceptors (Lipinski definition) is 3. The second-order valence-corrected chi connectivity index (χ2v) is 4.76. The molecular formula is C13H16ClNO2. The molecule has 1 aliphatic carbocycles. The molecule has 0 aromatic heterocycles. The Kier molecular flexibility index (Phi) is 4.26. The molecule has 17 heavy (non-hydrogen) atoms. The van der Waals surface area contributed by atoms with Crippen molar-refractivity contribution in [3.8, 4) is 5.75 Å². The zero-order valence-corrected chi connectivity index (χ0v) is 10.4. The molecule has 0 amide bonds. The van der Waals surface area contributed by atoms with E-state index in [0.717, 1.165) is 24.2 Å². The summed E-state index contributed by atoms with van der Waals surface area (Å²) in [6.07, 6.45) is 5.68. The largest absolute Gasteiger partial charge is 0.490 e. The summed E-state index contributed by atoms with van der Waals surface area (Å²) in [6, 6.07) is 7.76. The van der Waals surface area contributed by atoms with Gasteiger partial charge in [-0.15, -0.1) is 0 Å². The number of ether oxygens (including phenoxy) is 1. The number of rotatable bonds is 4. The van der Waals surface area contributed by atoms with Crippen molar-refractivity contribution in [1.82, 2.24) is 0 Å². The summed E-state index contributed by atoms with van der Waals surface area (Å²) in [6.45, 7) is 0. The van der Waals surface area contributed by atoms with Crippen LogP contribution in [0.5, 0.6) is 5.75 Å². The van der Waals surface area contributed by atoms with Crippen LogP contribution in [0.15, 0.2) is 29.4 Å². The Morgan fingerprint density at radius 1 is 1.29 bits per heavy atom. The highest BCUT2D eigenvalue weighted by Gasteiger charge is 2.16. The fourth-order valence-electron chi connectivity index (χ4n) is 2.09. The molecule has 4 heteroatoms. The van der Waals surface area contributed by atoms with Crippen molar-refractivity contribution in [2.75, 3.05) is 0 Å². The number of nitrogens with zero attached hydrogens (tertiary/aromatic N) is 1. The van der Waals surface area contributed by atoms with E-state index in [0.29, 0.717) is 12.5 Å². The highest BCUT2D eigenvalue weighted by atomic mass is 35.5. The normalized spacial score (nSPS) is 17.4. The third-order valence-corrected chi connectivity index (χ3v) is 3.20. The van der Waals surface area contributed by atoms with Crippen LogP contribution in [0, 0.1) is 0 Å². The van der Waals surface area contributed by atoms with Gasteiger partial charge >= 0.3 is 0 Å². The summed E-state index contributed by atoms with van der Waals surface area (Å²) >= 11 is 5.65. The molecule has 0 spiro atoms. The predicted molar refractivity (Wildman–Crippen MR) is 68.1 cm³/mol. The van der Waals surface area contributed by atoms with Crippen LogP contribution in [0.25, 0.3) is 0 Å². The van der Waals surface area contributed by atoms with Crippen molar-refractivity contribution in [3.63, 3.8) is 0 Å². The first-order valence-corrected chi connectivity index (χ1v) is 6.28. The van der Waals surface area contributed by atoms with Gasteiger partial charge in [-0.2, -0.15) is 0 Å². The average molecular weight is 254 g/mol. The molecule has 0 heterocycles. The van der Waals surface area contributed by atoms with Gasteiger partial charge in [-0.3, -0.25) is 0 Å². The van der Waals surface area contributed by atoms with Crippen LogP contribution in [-0.2, 0) is 6.42 Å². The van der Waals surface area contributed by atoms with Gasteiger partial charge in [0.1, 0.15) is 10.9 Å². The second-order valence-electron chi connectivity index (χ2n) is 4.32. The molecule has 1 N–H and O–H groups in total. The van der Waals surface area contributed by atoms with Crippen LogP contribution in [-0.4, -0.2) is 16.5 Å². The molecule has 0 bridgehead atoms. The Labute approximate surface area is 106 Å². The van der Waals surface area contributed by atoms with E-state index >= 15 is 0 Å². The molecule has 0 radical (unpaired) electrons. The lowest BCUT2D eigenvalue weighted by Gasteiger charge is -2.13. The van der Waals surface area contributed by atoms with E-state index in [9.17, 15) is 0 Å². The summed E-state index contributed by atoms with van der Waals surface area (Å²) in [5.74, 6) is 0.901. The van der Waals surface area contributed by atoms with Gasteiger partial charge in [-0.1, -0.05) is 28.9 Å². The van der Waals surface area contributed by atoms with E-state index in [4.69, 9.17) is 21.5 Å². The Hall–Kier alpha value is -1.22. The van der Waals surface area contributed by atoms with E-state index in [2.05, 4.69) is 5.16 Å². The second kappa shape index (κ2) is 5.92. The standard InChI is InChI=1S/C13H16ClNO2/c14-13(15-16)9-10-5-7-12(8-6-10)17-11-3-1-2-4-11/h5-8,11,16H,1-4,9H2. The summed E-state index contributed by atoms with van der Waals surface area (Å²) in [5.41, 5.74) is 1.01. The van der Waals surface area contributed by atoms with Gasteiger partial charge in [0, 0.05) is 6.42 Å². The van der Waals surface area contributed by atoms with Crippen LogP contribution in [0.1, 0.15) is 31.2 Å². The smallest absolute Gasteiger partial charge is 0.149 e. The molecule has 0 unspecified atom stereocenters. The Balaban J connectivity index is 1.92. The number of halogens is 1. The monoisotopic (exact) mass is 253 g/mol. The van der Waals surface area contributed by atoms with Gasteiger partial charge < -0.3 is 9.94 Å². The van der Waals surface area contributed by atoms with E-state index in [1.165, 1.54) is 12.8 Å². The quantitative estimate of drug-likeness (QED) is 0.506. The lowest BCUT2D eigenvalue weighted by atomic mass is 10.1. The van der Waals surface area contributed by atoms with E-state index in [1.54, 1.807) is 0 Å². The van der Waals surface area contributed by atoms with Gasteiger partial charge in [0.15, 0.2) is 0 Å². The van der Waals surface area contributed by atoms with Crippen molar-refractivity contribution in [2.45, 2.75) is 38.2 Å². The Morgan fingerprint density at radius 3 is 2.53 bits per heavy atom. The Morgan fingerprint density at radius 2 is 1.94 bits per heavy atom. The van der Waals surface area contributed by atoms with Crippen molar-refractivity contribution in [3.05, 3.63) is 29.8 Å². The highest BCUT2D eigenvalue weighted by Crippen LogP contribution is 2.24. The van der Waals surface area contributed by atoms with Crippen molar-refractivity contribution in [2.24, 2.45) is 5.16 Å². The minimum Gasteiger partial charge on any atom is -0.490 e. The highest BCUT2D eigenvalue weighted by molar-refractivity contribution is 6.65. The van der Waals surface area contributed by atoms with E-state index in [-0.39, 0.29) is 5.17 Å². The van der Waals surface area contributed by atoms with Gasteiger partial charge in [-0.25, -0.2) is 0 Å². The zero-order valence-electron chi connectivity index (χ0n) is 9.60. The molecule has 1 saturated carbocycles.